The van der Waals surface area contributed by atoms with Gasteiger partial charge in [0.05, 0.1) is 13.0 Å². The van der Waals surface area contributed by atoms with Crippen LogP contribution in [0.2, 0.25) is 0 Å². The lowest BCUT2D eigenvalue weighted by atomic mass is 9.73. The summed E-state index contributed by atoms with van der Waals surface area (Å²) in [4.78, 5) is 26.5. The number of esters is 1. The topological polar surface area (TPSA) is 55.8 Å². The maximum Gasteiger partial charge on any atom is 0.410 e. The number of amides is 1. The molecule has 158 valence electrons. The van der Waals surface area contributed by atoms with Gasteiger partial charge >= 0.3 is 12.1 Å². The Morgan fingerprint density at radius 2 is 1.70 bits per heavy atom. The molecule has 2 aromatic rings. The van der Waals surface area contributed by atoms with Crippen molar-refractivity contribution < 1.29 is 19.1 Å². The minimum Gasteiger partial charge on any atom is -0.466 e. The van der Waals surface area contributed by atoms with Gasteiger partial charge in [0.2, 0.25) is 0 Å². The lowest BCUT2D eigenvalue weighted by Crippen LogP contribution is -2.44. The van der Waals surface area contributed by atoms with Crippen molar-refractivity contribution in [2.45, 2.75) is 50.5 Å². The van der Waals surface area contributed by atoms with Gasteiger partial charge in [0.15, 0.2) is 0 Å². The molecule has 1 atom stereocenters. The van der Waals surface area contributed by atoms with Crippen molar-refractivity contribution in [1.29, 1.82) is 0 Å². The Labute approximate surface area is 178 Å². The highest BCUT2D eigenvalue weighted by molar-refractivity contribution is 5.71. The second-order valence-corrected chi connectivity index (χ2v) is 8.31. The fourth-order valence-corrected chi connectivity index (χ4v) is 5.03. The smallest absolute Gasteiger partial charge is 0.410 e. The molecule has 0 N–H and O–H groups in total. The molecule has 5 nitrogen and oxygen atoms in total. The predicted molar refractivity (Wildman–Crippen MR) is 114 cm³/mol. The van der Waals surface area contributed by atoms with Gasteiger partial charge in [-0.05, 0) is 54.2 Å². The van der Waals surface area contributed by atoms with Gasteiger partial charge in [-0.2, -0.15) is 0 Å². The molecule has 1 amide bonds. The number of hydrogen-bond acceptors (Lipinski definition) is 4. The number of ether oxygens (including phenoxy) is 2. The number of piperidine rings is 1. The molecule has 1 fully saturated rings. The van der Waals surface area contributed by atoms with Gasteiger partial charge < -0.3 is 14.4 Å². The summed E-state index contributed by atoms with van der Waals surface area (Å²) in [5, 5.41) is 0. The fraction of sp³-hybridized carbons (Fsp3) is 0.440. The number of fused-ring (bicyclic) bond motifs is 2. The molecule has 1 aliphatic carbocycles. The Balaban J connectivity index is 1.39. The van der Waals surface area contributed by atoms with Crippen LogP contribution in [0.5, 0.6) is 0 Å². The van der Waals surface area contributed by atoms with Gasteiger partial charge in [-0.3, -0.25) is 4.79 Å². The zero-order chi connectivity index (χ0) is 21.0. The van der Waals surface area contributed by atoms with E-state index in [9.17, 15) is 9.59 Å². The van der Waals surface area contributed by atoms with E-state index in [1.165, 1.54) is 11.1 Å². The van der Waals surface area contributed by atoms with Crippen molar-refractivity contribution in [3.05, 3.63) is 71.3 Å². The lowest BCUT2D eigenvalue weighted by Gasteiger charge is -2.40. The highest BCUT2D eigenvalue weighted by Crippen LogP contribution is 2.52. The van der Waals surface area contributed by atoms with E-state index in [0.29, 0.717) is 32.7 Å². The highest BCUT2D eigenvalue weighted by atomic mass is 16.6. The van der Waals surface area contributed by atoms with E-state index in [-0.39, 0.29) is 23.4 Å². The van der Waals surface area contributed by atoms with Crippen molar-refractivity contribution in [3.8, 4) is 0 Å². The third kappa shape index (κ3) is 4.20. The van der Waals surface area contributed by atoms with Gasteiger partial charge in [0.25, 0.3) is 0 Å². The van der Waals surface area contributed by atoms with Gasteiger partial charge in [-0.1, -0.05) is 54.6 Å². The summed E-state index contributed by atoms with van der Waals surface area (Å²) in [6.07, 6.45) is 2.91. The number of carbonyl (C=O) groups is 2. The van der Waals surface area contributed by atoms with E-state index < -0.39 is 0 Å². The molecular formula is C25H29NO4. The summed E-state index contributed by atoms with van der Waals surface area (Å²) < 4.78 is 10.7. The molecule has 1 unspecified atom stereocenters. The van der Waals surface area contributed by atoms with Crippen molar-refractivity contribution in [1.82, 2.24) is 4.90 Å². The van der Waals surface area contributed by atoms with Crippen LogP contribution in [-0.2, 0) is 26.3 Å². The predicted octanol–water partition coefficient (Wildman–Crippen LogP) is 4.80. The molecule has 5 heteroatoms. The van der Waals surface area contributed by atoms with E-state index >= 15 is 0 Å². The molecular weight excluding hydrogens is 378 g/mol. The van der Waals surface area contributed by atoms with Gasteiger partial charge in [-0.15, -0.1) is 0 Å². The Bertz CT molecular complexity index is 887. The molecule has 1 aliphatic heterocycles. The summed E-state index contributed by atoms with van der Waals surface area (Å²) in [7, 11) is 0. The van der Waals surface area contributed by atoms with Gasteiger partial charge in [-0.25, -0.2) is 4.79 Å². The summed E-state index contributed by atoms with van der Waals surface area (Å²) in [6.45, 7) is 3.90. The van der Waals surface area contributed by atoms with Crippen LogP contribution in [-0.4, -0.2) is 36.7 Å². The first-order valence-electron chi connectivity index (χ1n) is 10.8. The Kier molecular flexibility index (Phi) is 6.07. The van der Waals surface area contributed by atoms with Crippen LogP contribution in [0.1, 0.15) is 55.2 Å². The zero-order valence-corrected chi connectivity index (χ0v) is 17.5. The van der Waals surface area contributed by atoms with E-state index in [4.69, 9.17) is 9.47 Å². The number of rotatable bonds is 5. The molecule has 2 aromatic carbocycles. The van der Waals surface area contributed by atoms with Crippen LogP contribution in [0.3, 0.4) is 0 Å². The molecule has 1 spiro atoms. The first-order valence-corrected chi connectivity index (χ1v) is 10.8. The quantitative estimate of drug-likeness (QED) is 0.668. The SMILES string of the molecule is CCOC(=O)CC1CC2(CCN(C(=O)OCc3ccccc3)CC2)c2ccccc21. The maximum absolute atomic E-state index is 12.5. The van der Waals surface area contributed by atoms with Gasteiger partial charge in [0, 0.05) is 13.1 Å². The fourth-order valence-electron chi connectivity index (χ4n) is 5.03. The Hall–Kier alpha value is -2.82. The minimum absolute atomic E-state index is 0.0317. The van der Waals surface area contributed by atoms with E-state index in [1.807, 2.05) is 48.2 Å². The lowest BCUT2D eigenvalue weighted by molar-refractivity contribution is -0.143. The molecule has 1 heterocycles. The number of nitrogens with zero attached hydrogens (tertiary/aromatic N) is 1. The summed E-state index contributed by atoms with van der Waals surface area (Å²) in [5.41, 5.74) is 3.64. The molecule has 0 radical (unpaired) electrons. The zero-order valence-electron chi connectivity index (χ0n) is 17.5. The standard InChI is InChI=1S/C25H29NO4/c1-2-29-23(27)16-20-17-25(22-11-7-6-10-21(20)22)12-14-26(15-13-25)24(28)30-18-19-8-4-3-5-9-19/h3-11,20H,2,12-18H2,1H3. The van der Waals surface area contributed by atoms with Crippen LogP contribution < -0.4 is 0 Å². The highest BCUT2D eigenvalue weighted by Gasteiger charge is 2.46. The summed E-state index contributed by atoms with van der Waals surface area (Å²) in [5.74, 6) is 0.0631. The first-order chi connectivity index (χ1) is 14.6. The van der Waals surface area contributed by atoms with E-state index in [0.717, 1.165) is 24.8 Å². The molecule has 0 saturated carbocycles. The number of carbonyl (C=O) groups excluding carboxylic acids is 2. The van der Waals surface area contributed by atoms with E-state index in [2.05, 4.69) is 18.2 Å². The van der Waals surface area contributed by atoms with Crippen LogP contribution >= 0.6 is 0 Å². The number of benzene rings is 2. The first kappa shape index (κ1) is 20.5. The Morgan fingerprint density at radius 1 is 1.00 bits per heavy atom. The van der Waals surface area contributed by atoms with Crippen LogP contribution in [0.15, 0.2) is 54.6 Å². The van der Waals surface area contributed by atoms with Crippen molar-refractivity contribution >= 4 is 12.1 Å². The van der Waals surface area contributed by atoms with Crippen molar-refractivity contribution in [2.24, 2.45) is 0 Å². The third-order valence-corrected chi connectivity index (χ3v) is 6.51. The largest absolute Gasteiger partial charge is 0.466 e. The average molecular weight is 408 g/mol. The number of likely N-dealkylation sites (tertiary alicyclic amines) is 1. The molecule has 0 bridgehead atoms. The molecule has 2 aliphatic rings. The summed E-state index contributed by atoms with van der Waals surface area (Å²) in [6, 6.07) is 18.2. The minimum atomic E-state index is -0.247. The van der Waals surface area contributed by atoms with Crippen LogP contribution in [0.4, 0.5) is 4.79 Å². The van der Waals surface area contributed by atoms with Crippen molar-refractivity contribution in [3.63, 3.8) is 0 Å². The molecule has 1 saturated heterocycles. The Morgan fingerprint density at radius 3 is 2.43 bits per heavy atom. The third-order valence-electron chi connectivity index (χ3n) is 6.51. The second kappa shape index (κ2) is 8.90. The monoisotopic (exact) mass is 407 g/mol. The van der Waals surface area contributed by atoms with E-state index in [1.54, 1.807) is 0 Å². The van der Waals surface area contributed by atoms with Crippen molar-refractivity contribution in [2.75, 3.05) is 19.7 Å². The molecule has 30 heavy (non-hydrogen) atoms. The number of hydrogen-bond donors (Lipinski definition) is 0. The van der Waals surface area contributed by atoms with Crippen LogP contribution in [0, 0.1) is 0 Å². The molecule has 0 aromatic heterocycles. The maximum atomic E-state index is 12.5. The molecule has 4 rings (SSSR count). The normalized spacial score (nSPS) is 19.4. The van der Waals surface area contributed by atoms with Gasteiger partial charge in [0.1, 0.15) is 6.61 Å². The summed E-state index contributed by atoms with van der Waals surface area (Å²) >= 11 is 0. The second-order valence-electron chi connectivity index (χ2n) is 8.31. The average Bonchev–Trinajstić information content (AvgIpc) is 3.06. The van der Waals surface area contributed by atoms with Crippen LogP contribution in [0.25, 0.3) is 0 Å².